The summed E-state index contributed by atoms with van der Waals surface area (Å²) in [5, 5.41) is 2.57. The lowest BCUT2D eigenvalue weighted by atomic mass is 10.2. The number of rotatable bonds is 8. The van der Waals surface area contributed by atoms with Crippen LogP contribution in [0.2, 0.25) is 0 Å². The molecule has 0 saturated carbocycles. The topological polar surface area (TPSA) is 114 Å². The largest absolute Gasteiger partial charge is 0.455 e. The molecule has 0 aromatic heterocycles. The molecule has 0 fully saturated rings. The highest BCUT2D eigenvalue weighted by Crippen LogP contribution is 2.09. The van der Waals surface area contributed by atoms with Gasteiger partial charge in [0, 0.05) is 24.1 Å². The first-order valence-corrected chi connectivity index (χ1v) is 8.79. The zero-order valence-electron chi connectivity index (χ0n) is 15.4. The van der Waals surface area contributed by atoms with Crippen molar-refractivity contribution in [3.05, 3.63) is 66.0 Å². The number of ether oxygens (including phenoxy) is 1. The maximum Gasteiger partial charge on any atom is 0.306 e. The lowest BCUT2D eigenvalue weighted by molar-refractivity contribution is -0.148. The summed E-state index contributed by atoms with van der Waals surface area (Å²) in [5.41, 5.74) is 5.15. The molecule has 2 rings (SSSR count). The fraction of sp³-hybridized carbons (Fsp3) is 0.200. The molecule has 2 aromatic carbocycles. The highest BCUT2D eigenvalue weighted by Gasteiger charge is 2.11. The van der Waals surface area contributed by atoms with E-state index in [1.807, 2.05) is 0 Å². The number of hydrogen-bond acceptors (Lipinski definition) is 5. The van der Waals surface area contributed by atoms with Gasteiger partial charge in [-0.2, -0.15) is 0 Å². The van der Waals surface area contributed by atoms with E-state index in [-0.39, 0.29) is 25.2 Å². The number of benzene rings is 2. The summed E-state index contributed by atoms with van der Waals surface area (Å²) in [6.45, 7) is -0.560. The van der Waals surface area contributed by atoms with Crippen molar-refractivity contribution in [3.63, 3.8) is 0 Å². The zero-order chi connectivity index (χ0) is 21.1. The molecular weight excluding hydrogens is 381 g/mol. The Kier molecular flexibility index (Phi) is 8.30. The van der Waals surface area contributed by atoms with Gasteiger partial charge in [-0.15, -0.1) is 0 Å². The summed E-state index contributed by atoms with van der Waals surface area (Å²) in [7, 11) is 0. The Morgan fingerprint density at radius 3 is 2.21 bits per heavy atom. The molecule has 0 aliphatic carbocycles. The monoisotopic (exact) mass is 401 g/mol. The zero-order valence-corrected chi connectivity index (χ0v) is 15.4. The lowest BCUT2D eigenvalue weighted by Gasteiger charge is -2.08. The van der Waals surface area contributed by atoms with Crippen LogP contribution in [-0.2, 0) is 19.1 Å². The van der Waals surface area contributed by atoms with Gasteiger partial charge in [-0.1, -0.05) is 18.2 Å². The number of hydrazine groups is 1. The van der Waals surface area contributed by atoms with Gasteiger partial charge in [0.15, 0.2) is 6.61 Å². The molecule has 3 amide bonds. The first-order valence-electron chi connectivity index (χ1n) is 8.79. The first kappa shape index (κ1) is 21.5. The van der Waals surface area contributed by atoms with Gasteiger partial charge in [-0.05, 0) is 42.8 Å². The van der Waals surface area contributed by atoms with E-state index in [0.29, 0.717) is 11.3 Å². The number of hydrogen-bond donors (Lipinski definition) is 3. The van der Waals surface area contributed by atoms with Gasteiger partial charge in [-0.3, -0.25) is 30.0 Å². The van der Waals surface area contributed by atoms with Crippen molar-refractivity contribution in [3.8, 4) is 0 Å². The van der Waals surface area contributed by atoms with Gasteiger partial charge in [0.05, 0.1) is 0 Å². The van der Waals surface area contributed by atoms with Crippen LogP contribution in [0, 0.1) is 5.82 Å². The molecule has 0 aliphatic rings. The molecule has 8 nitrogen and oxygen atoms in total. The number of halogens is 1. The summed E-state index contributed by atoms with van der Waals surface area (Å²) < 4.78 is 17.6. The average Bonchev–Trinajstić information content (AvgIpc) is 2.72. The minimum Gasteiger partial charge on any atom is -0.455 e. The third-order valence-electron chi connectivity index (χ3n) is 3.63. The van der Waals surface area contributed by atoms with E-state index < -0.39 is 30.2 Å². The van der Waals surface area contributed by atoms with E-state index in [1.165, 1.54) is 24.3 Å². The van der Waals surface area contributed by atoms with Gasteiger partial charge in [0.2, 0.25) is 5.91 Å². The van der Waals surface area contributed by atoms with Crippen molar-refractivity contribution >= 4 is 29.4 Å². The predicted octanol–water partition coefficient (Wildman–Crippen LogP) is 1.94. The SMILES string of the molecule is O=C(COC(=O)CCCC(=O)Nc1ccc(F)cc1)NNC(=O)c1ccccc1. The molecule has 0 spiro atoms. The summed E-state index contributed by atoms with van der Waals surface area (Å²) in [6.07, 6.45) is 0.227. The minimum atomic E-state index is -0.698. The highest BCUT2D eigenvalue weighted by atomic mass is 19.1. The smallest absolute Gasteiger partial charge is 0.306 e. The average molecular weight is 401 g/mol. The fourth-order valence-corrected chi connectivity index (χ4v) is 2.19. The normalized spacial score (nSPS) is 9.97. The van der Waals surface area contributed by atoms with Gasteiger partial charge in [-0.25, -0.2) is 4.39 Å². The van der Waals surface area contributed by atoms with Crippen LogP contribution in [-0.4, -0.2) is 30.3 Å². The number of nitrogens with one attached hydrogen (secondary N) is 3. The van der Waals surface area contributed by atoms with Gasteiger partial charge >= 0.3 is 5.97 Å². The molecule has 0 aliphatic heterocycles. The number of anilines is 1. The van der Waals surface area contributed by atoms with E-state index in [4.69, 9.17) is 4.74 Å². The molecule has 3 N–H and O–H groups in total. The van der Waals surface area contributed by atoms with Crippen molar-refractivity contribution in [2.45, 2.75) is 19.3 Å². The van der Waals surface area contributed by atoms with E-state index in [2.05, 4.69) is 16.2 Å². The summed E-state index contributed by atoms with van der Waals surface area (Å²) in [6, 6.07) is 13.6. The maximum absolute atomic E-state index is 12.8. The van der Waals surface area contributed by atoms with Crippen LogP contribution in [0.1, 0.15) is 29.6 Å². The van der Waals surface area contributed by atoms with Crippen molar-refractivity contribution in [2.75, 3.05) is 11.9 Å². The molecule has 0 atom stereocenters. The Hall–Kier alpha value is -3.75. The molecular formula is C20H20FN3O5. The van der Waals surface area contributed by atoms with Crippen molar-refractivity contribution in [1.82, 2.24) is 10.9 Å². The summed E-state index contributed by atoms with van der Waals surface area (Å²) >= 11 is 0. The summed E-state index contributed by atoms with van der Waals surface area (Å²) in [5.74, 6) is -2.58. The predicted molar refractivity (Wildman–Crippen MR) is 102 cm³/mol. The van der Waals surface area contributed by atoms with E-state index >= 15 is 0 Å². The third kappa shape index (κ3) is 8.21. The Morgan fingerprint density at radius 1 is 0.828 bits per heavy atom. The molecule has 29 heavy (non-hydrogen) atoms. The molecule has 0 heterocycles. The quantitative estimate of drug-likeness (QED) is 0.462. The van der Waals surface area contributed by atoms with Gasteiger partial charge in [0.1, 0.15) is 5.82 Å². The van der Waals surface area contributed by atoms with Gasteiger partial charge in [0.25, 0.3) is 11.8 Å². The van der Waals surface area contributed by atoms with Crippen molar-refractivity contribution in [2.24, 2.45) is 0 Å². The first-order chi connectivity index (χ1) is 13.9. The Bertz CT molecular complexity index is 856. The van der Waals surface area contributed by atoms with Crippen LogP contribution in [0.3, 0.4) is 0 Å². The molecule has 2 aromatic rings. The number of carbonyl (C=O) groups is 4. The van der Waals surface area contributed by atoms with Crippen LogP contribution in [0.5, 0.6) is 0 Å². The van der Waals surface area contributed by atoms with Crippen LogP contribution >= 0.6 is 0 Å². The van der Waals surface area contributed by atoms with E-state index in [0.717, 1.165) is 0 Å². The second kappa shape index (κ2) is 11.2. The Labute approximate surface area is 166 Å². The molecule has 0 bridgehead atoms. The fourth-order valence-electron chi connectivity index (χ4n) is 2.19. The Morgan fingerprint density at radius 2 is 1.52 bits per heavy atom. The second-order valence-electron chi connectivity index (χ2n) is 5.94. The molecule has 0 saturated heterocycles. The summed E-state index contributed by atoms with van der Waals surface area (Å²) in [4.78, 5) is 46.7. The Balaban J connectivity index is 1.58. The van der Waals surface area contributed by atoms with Crippen LogP contribution < -0.4 is 16.2 Å². The molecule has 152 valence electrons. The minimum absolute atomic E-state index is 0.0551. The standard InChI is InChI=1S/C20H20FN3O5/c21-15-9-11-16(12-10-15)22-17(25)7-4-8-19(27)29-13-18(26)23-24-20(28)14-5-2-1-3-6-14/h1-3,5-6,9-12H,4,7-8,13H2,(H,22,25)(H,23,26)(H,24,28). The van der Waals surface area contributed by atoms with Crippen LogP contribution in [0.15, 0.2) is 54.6 Å². The molecule has 0 radical (unpaired) electrons. The third-order valence-corrected chi connectivity index (χ3v) is 3.63. The highest BCUT2D eigenvalue weighted by molar-refractivity contribution is 5.95. The van der Waals surface area contributed by atoms with Gasteiger partial charge < -0.3 is 10.1 Å². The molecule has 0 unspecified atom stereocenters. The van der Waals surface area contributed by atoms with Crippen molar-refractivity contribution < 1.29 is 28.3 Å². The lowest BCUT2D eigenvalue weighted by Crippen LogP contribution is -2.43. The van der Waals surface area contributed by atoms with E-state index in [1.54, 1.807) is 30.3 Å². The van der Waals surface area contributed by atoms with Crippen LogP contribution in [0.25, 0.3) is 0 Å². The van der Waals surface area contributed by atoms with Crippen molar-refractivity contribution in [1.29, 1.82) is 0 Å². The van der Waals surface area contributed by atoms with E-state index in [9.17, 15) is 23.6 Å². The molecule has 9 heteroatoms. The number of amides is 3. The van der Waals surface area contributed by atoms with Crippen LogP contribution in [0.4, 0.5) is 10.1 Å². The number of esters is 1. The number of carbonyl (C=O) groups excluding carboxylic acids is 4. The second-order valence-corrected chi connectivity index (χ2v) is 5.94. The maximum atomic E-state index is 12.8.